The Bertz CT molecular complexity index is 658. The molecular formula is C13H13LiN2O4. The quantitative estimate of drug-likeness (QED) is 0.450. The van der Waals surface area contributed by atoms with Crippen molar-refractivity contribution in [2.24, 2.45) is 0 Å². The van der Waals surface area contributed by atoms with Gasteiger partial charge in [0.1, 0.15) is 11.2 Å². The van der Waals surface area contributed by atoms with Gasteiger partial charge in [-0.2, -0.15) is 0 Å². The van der Waals surface area contributed by atoms with E-state index in [1.165, 1.54) is 28.9 Å². The fraction of sp³-hybridized carbons (Fsp3) is 0.308. The summed E-state index contributed by atoms with van der Waals surface area (Å²) in [6, 6.07) is 2.87. The molecule has 0 atom stereocenters. The number of carbonyl (C=O) groups excluding carboxylic acids is 2. The molecule has 7 heteroatoms. The molecule has 0 amide bonds. The van der Waals surface area contributed by atoms with Crippen molar-refractivity contribution in [1.29, 1.82) is 0 Å². The first-order chi connectivity index (χ1) is 8.76. The summed E-state index contributed by atoms with van der Waals surface area (Å²) >= 11 is 0. The van der Waals surface area contributed by atoms with E-state index < -0.39 is 17.5 Å². The SMILES string of the molecule is CC(C)(C)OC(=O)c1cn2cc(C(=O)[O-])ccc2n1.[Li+]. The van der Waals surface area contributed by atoms with Gasteiger partial charge in [-0.05, 0) is 32.9 Å². The van der Waals surface area contributed by atoms with Crippen LogP contribution in [0.1, 0.15) is 41.6 Å². The van der Waals surface area contributed by atoms with E-state index >= 15 is 0 Å². The fourth-order valence-corrected chi connectivity index (χ4v) is 1.54. The molecule has 0 aliphatic heterocycles. The monoisotopic (exact) mass is 268 g/mol. The zero-order valence-corrected chi connectivity index (χ0v) is 11.8. The summed E-state index contributed by atoms with van der Waals surface area (Å²) < 4.78 is 6.64. The van der Waals surface area contributed by atoms with Crippen LogP contribution >= 0.6 is 0 Å². The molecule has 6 nitrogen and oxygen atoms in total. The molecule has 0 radical (unpaired) electrons. The fourth-order valence-electron chi connectivity index (χ4n) is 1.54. The number of ether oxygens (including phenoxy) is 1. The molecule has 0 aromatic carbocycles. The van der Waals surface area contributed by atoms with Gasteiger partial charge in [0, 0.05) is 18.0 Å². The number of hydrogen-bond acceptors (Lipinski definition) is 5. The molecule has 0 aliphatic carbocycles. The number of hydrogen-bond donors (Lipinski definition) is 0. The molecule has 20 heavy (non-hydrogen) atoms. The largest absolute Gasteiger partial charge is 1.00 e. The van der Waals surface area contributed by atoms with Crippen LogP contribution < -0.4 is 24.0 Å². The predicted octanol–water partition coefficient (Wildman–Crippen LogP) is -2.34. The Morgan fingerprint density at radius 2 is 1.90 bits per heavy atom. The topological polar surface area (TPSA) is 83.7 Å². The van der Waals surface area contributed by atoms with Crippen LogP contribution in [-0.4, -0.2) is 26.9 Å². The van der Waals surface area contributed by atoms with Gasteiger partial charge in [-0.15, -0.1) is 0 Å². The Kier molecular flexibility index (Phi) is 4.64. The van der Waals surface area contributed by atoms with Gasteiger partial charge in [-0.3, -0.25) is 0 Å². The number of carboxylic acid groups (broad SMARTS) is 1. The van der Waals surface area contributed by atoms with Gasteiger partial charge in [-0.25, -0.2) is 9.78 Å². The Balaban J connectivity index is 0.00000200. The van der Waals surface area contributed by atoms with E-state index in [0.29, 0.717) is 5.65 Å². The van der Waals surface area contributed by atoms with Crippen LogP contribution in [0, 0.1) is 0 Å². The van der Waals surface area contributed by atoms with E-state index in [0.717, 1.165) is 0 Å². The van der Waals surface area contributed by atoms with Crippen molar-refractivity contribution < 1.29 is 38.3 Å². The van der Waals surface area contributed by atoms with E-state index in [1.54, 1.807) is 20.8 Å². The first-order valence-electron chi connectivity index (χ1n) is 5.70. The van der Waals surface area contributed by atoms with Gasteiger partial charge in [0.05, 0.1) is 5.97 Å². The molecule has 0 aliphatic rings. The molecule has 2 aromatic rings. The minimum atomic E-state index is -1.28. The van der Waals surface area contributed by atoms with Gasteiger partial charge in [0.15, 0.2) is 5.69 Å². The van der Waals surface area contributed by atoms with Crippen molar-refractivity contribution in [2.75, 3.05) is 0 Å². The number of carbonyl (C=O) groups is 2. The maximum absolute atomic E-state index is 11.8. The Labute approximate surface area is 127 Å². The number of nitrogens with zero attached hydrogens (tertiary/aromatic N) is 2. The van der Waals surface area contributed by atoms with Crippen molar-refractivity contribution in [3.05, 3.63) is 35.8 Å². The number of rotatable bonds is 2. The summed E-state index contributed by atoms with van der Waals surface area (Å²) in [5, 5.41) is 10.7. The van der Waals surface area contributed by atoms with Crippen molar-refractivity contribution in [1.82, 2.24) is 9.38 Å². The second kappa shape index (κ2) is 5.69. The Morgan fingerprint density at radius 3 is 2.45 bits per heavy atom. The van der Waals surface area contributed by atoms with Crippen LogP contribution in [0.2, 0.25) is 0 Å². The predicted molar refractivity (Wildman–Crippen MR) is 64.7 cm³/mol. The molecule has 0 bridgehead atoms. The zero-order valence-electron chi connectivity index (χ0n) is 11.8. The van der Waals surface area contributed by atoms with E-state index in [9.17, 15) is 14.7 Å². The van der Waals surface area contributed by atoms with Gasteiger partial charge >= 0.3 is 24.8 Å². The first-order valence-corrected chi connectivity index (χ1v) is 5.70. The van der Waals surface area contributed by atoms with Crippen molar-refractivity contribution in [3.8, 4) is 0 Å². The van der Waals surface area contributed by atoms with Crippen LogP contribution in [0.25, 0.3) is 5.65 Å². The smallest absolute Gasteiger partial charge is 0.545 e. The number of aromatic carboxylic acids is 1. The van der Waals surface area contributed by atoms with Crippen LogP contribution in [0.4, 0.5) is 0 Å². The van der Waals surface area contributed by atoms with E-state index in [1.807, 2.05) is 0 Å². The maximum Gasteiger partial charge on any atom is 1.00 e. The number of carboxylic acids is 1. The number of imidazole rings is 1. The van der Waals surface area contributed by atoms with Crippen LogP contribution in [0.15, 0.2) is 24.5 Å². The van der Waals surface area contributed by atoms with Crippen LogP contribution in [-0.2, 0) is 4.74 Å². The second-order valence-corrected chi connectivity index (χ2v) is 5.10. The third-order valence-electron chi connectivity index (χ3n) is 2.29. The zero-order chi connectivity index (χ0) is 14.2. The molecule has 0 fully saturated rings. The Morgan fingerprint density at radius 1 is 1.25 bits per heavy atom. The summed E-state index contributed by atoms with van der Waals surface area (Å²) in [5.41, 5.74) is 0.000154. The number of pyridine rings is 1. The molecule has 0 saturated heterocycles. The second-order valence-electron chi connectivity index (χ2n) is 5.10. The third kappa shape index (κ3) is 3.62. The molecule has 2 aromatic heterocycles. The normalized spacial score (nSPS) is 10.9. The van der Waals surface area contributed by atoms with Gasteiger partial charge in [-0.1, -0.05) is 0 Å². The standard InChI is InChI=1S/C13H14N2O4.Li/c1-13(2,3)19-12(18)9-7-15-6-8(11(16)17)4-5-10(15)14-9;/h4-7H,1-3H3,(H,16,17);/q;+1/p-1. The van der Waals surface area contributed by atoms with Gasteiger partial charge in [0.2, 0.25) is 0 Å². The molecular weight excluding hydrogens is 255 g/mol. The van der Waals surface area contributed by atoms with Crippen LogP contribution in [0.3, 0.4) is 0 Å². The average molecular weight is 268 g/mol. The Hall–Kier alpha value is -1.77. The minimum Gasteiger partial charge on any atom is -0.545 e. The summed E-state index contributed by atoms with van der Waals surface area (Å²) in [4.78, 5) is 26.6. The first kappa shape index (κ1) is 16.3. The van der Waals surface area contributed by atoms with E-state index in [2.05, 4.69) is 4.98 Å². The summed E-state index contributed by atoms with van der Waals surface area (Å²) in [6.45, 7) is 5.28. The minimum absolute atomic E-state index is 0. The van der Waals surface area contributed by atoms with Crippen molar-refractivity contribution in [2.45, 2.75) is 26.4 Å². The van der Waals surface area contributed by atoms with Gasteiger partial charge < -0.3 is 19.0 Å². The molecule has 0 unspecified atom stereocenters. The summed E-state index contributed by atoms with van der Waals surface area (Å²) in [5.74, 6) is -1.83. The van der Waals surface area contributed by atoms with Crippen molar-refractivity contribution >= 4 is 17.6 Å². The van der Waals surface area contributed by atoms with Crippen LogP contribution in [0.5, 0.6) is 0 Å². The number of esters is 1. The van der Waals surface area contributed by atoms with Gasteiger partial charge in [0.25, 0.3) is 0 Å². The molecule has 0 N–H and O–H groups in total. The van der Waals surface area contributed by atoms with E-state index in [-0.39, 0.29) is 30.1 Å². The molecule has 100 valence electrons. The average Bonchev–Trinajstić information content (AvgIpc) is 2.68. The third-order valence-corrected chi connectivity index (χ3v) is 2.29. The maximum atomic E-state index is 11.8. The summed E-state index contributed by atoms with van der Waals surface area (Å²) in [7, 11) is 0. The molecule has 0 spiro atoms. The van der Waals surface area contributed by atoms with E-state index in [4.69, 9.17) is 4.74 Å². The summed E-state index contributed by atoms with van der Waals surface area (Å²) in [6.07, 6.45) is 2.77. The molecule has 2 heterocycles. The molecule has 0 saturated carbocycles. The number of aromatic nitrogens is 2. The van der Waals surface area contributed by atoms with Crippen molar-refractivity contribution in [3.63, 3.8) is 0 Å². The molecule has 2 rings (SSSR count). The number of fused-ring (bicyclic) bond motifs is 1.